The lowest BCUT2D eigenvalue weighted by Gasteiger charge is -2.19. The van der Waals surface area contributed by atoms with Crippen molar-refractivity contribution in [3.8, 4) is 23.0 Å². The minimum atomic E-state index is -0.634. The van der Waals surface area contributed by atoms with Crippen LogP contribution in [0.3, 0.4) is 0 Å². The lowest BCUT2D eigenvalue weighted by atomic mass is 10.2. The van der Waals surface area contributed by atoms with E-state index < -0.39 is 5.91 Å². The van der Waals surface area contributed by atoms with Crippen molar-refractivity contribution in [2.45, 2.75) is 12.5 Å². The summed E-state index contributed by atoms with van der Waals surface area (Å²) in [6, 6.07) is 18.2. The number of hydrogen-bond donors (Lipinski definition) is 2. The maximum Gasteiger partial charge on any atom is 0.254 e. The van der Waals surface area contributed by atoms with E-state index in [0.29, 0.717) is 36.2 Å². The molecule has 2 amide bonds. The van der Waals surface area contributed by atoms with E-state index >= 15 is 0 Å². The smallest absolute Gasteiger partial charge is 0.254 e. The fraction of sp³-hybridized carbons (Fsp3) is 0.160. The molecule has 8 heteroatoms. The number of carbonyl (C=O) groups is 2. The third-order valence-corrected chi connectivity index (χ3v) is 5.19. The molecular formula is C25H24N4O4. The molecule has 2 heterocycles. The van der Waals surface area contributed by atoms with Gasteiger partial charge in [-0.2, -0.15) is 0 Å². The van der Waals surface area contributed by atoms with Crippen LogP contribution in [0.4, 0.5) is 5.82 Å². The van der Waals surface area contributed by atoms with Gasteiger partial charge in [0.2, 0.25) is 5.91 Å². The molecule has 1 saturated heterocycles. The lowest BCUT2D eigenvalue weighted by Crippen LogP contribution is -2.36. The minimum absolute atomic E-state index is 0.00496. The molecule has 1 fully saturated rings. The molecule has 0 bridgehead atoms. The van der Waals surface area contributed by atoms with Crippen molar-refractivity contribution in [3.63, 3.8) is 0 Å². The van der Waals surface area contributed by atoms with Gasteiger partial charge in [0, 0.05) is 31.4 Å². The van der Waals surface area contributed by atoms with Gasteiger partial charge in [-0.1, -0.05) is 24.8 Å². The van der Waals surface area contributed by atoms with Crippen molar-refractivity contribution >= 4 is 17.6 Å². The average molecular weight is 444 g/mol. The number of nitrogens with two attached hydrogens (primary N) is 1. The van der Waals surface area contributed by atoms with Crippen LogP contribution >= 0.6 is 0 Å². The summed E-state index contributed by atoms with van der Waals surface area (Å²) in [6.07, 6.45) is 3.44. The SMILES string of the molecule is C=CC(=O)NC1CCN(c2cc(Oc3ccc(Oc4ccccc4)cc3)c(C(N)=O)cn2)C1. The van der Waals surface area contributed by atoms with Crippen molar-refractivity contribution in [2.24, 2.45) is 5.73 Å². The maximum absolute atomic E-state index is 11.9. The van der Waals surface area contributed by atoms with Gasteiger partial charge in [0.1, 0.15) is 34.4 Å². The number of amides is 2. The van der Waals surface area contributed by atoms with Gasteiger partial charge in [-0.05, 0) is 48.9 Å². The summed E-state index contributed by atoms with van der Waals surface area (Å²) >= 11 is 0. The molecule has 1 aliphatic rings. The van der Waals surface area contributed by atoms with Crippen molar-refractivity contribution in [3.05, 3.63) is 85.1 Å². The van der Waals surface area contributed by atoms with E-state index in [2.05, 4.69) is 16.9 Å². The summed E-state index contributed by atoms with van der Waals surface area (Å²) in [5, 5.41) is 2.89. The average Bonchev–Trinajstić information content (AvgIpc) is 3.29. The zero-order valence-electron chi connectivity index (χ0n) is 17.9. The molecule has 8 nitrogen and oxygen atoms in total. The van der Waals surface area contributed by atoms with E-state index in [-0.39, 0.29) is 17.5 Å². The number of para-hydroxylation sites is 1. The van der Waals surface area contributed by atoms with E-state index in [4.69, 9.17) is 15.2 Å². The summed E-state index contributed by atoms with van der Waals surface area (Å²) in [4.78, 5) is 29.9. The third-order valence-electron chi connectivity index (χ3n) is 5.19. The monoisotopic (exact) mass is 444 g/mol. The van der Waals surface area contributed by atoms with E-state index in [1.807, 2.05) is 35.2 Å². The number of benzene rings is 2. The Bertz CT molecular complexity index is 1150. The number of carbonyl (C=O) groups excluding carboxylic acids is 2. The van der Waals surface area contributed by atoms with E-state index in [1.165, 1.54) is 12.3 Å². The molecule has 3 N–H and O–H groups in total. The molecule has 0 aliphatic carbocycles. The van der Waals surface area contributed by atoms with Gasteiger partial charge < -0.3 is 25.4 Å². The standard InChI is InChI=1S/C25H24N4O4/c1-2-24(30)28-17-12-13-29(16-17)23-14-22(21(15-27-23)25(26)31)33-20-10-8-19(9-11-20)32-18-6-4-3-5-7-18/h2-11,14-15,17H,1,12-13,16H2,(H2,26,31)(H,28,30). The van der Waals surface area contributed by atoms with Crippen LogP contribution in [0.25, 0.3) is 0 Å². The van der Waals surface area contributed by atoms with Crippen LogP contribution in [-0.2, 0) is 4.79 Å². The summed E-state index contributed by atoms with van der Waals surface area (Å²) in [5.74, 6) is 2.01. The molecule has 33 heavy (non-hydrogen) atoms. The van der Waals surface area contributed by atoms with Crippen LogP contribution < -0.4 is 25.4 Å². The Kier molecular flexibility index (Phi) is 6.54. The molecule has 0 spiro atoms. The number of primary amides is 1. The summed E-state index contributed by atoms with van der Waals surface area (Å²) in [6.45, 7) is 4.77. The van der Waals surface area contributed by atoms with Crippen LogP contribution in [-0.4, -0.2) is 35.9 Å². The van der Waals surface area contributed by atoms with Crippen LogP contribution in [0, 0.1) is 0 Å². The van der Waals surface area contributed by atoms with E-state index in [9.17, 15) is 9.59 Å². The first-order chi connectivity index (χ1) is 16.0. The zero-order valence-corrected chi connectivity index (χ0v) is 17.9. The molecule has 4 rings (SSSR count). The number of hydrogen-bond acceptors (Lipinski definition) is 6. The third kappa shape index (κ3) is 5.48. The van der Waals surface area contributed by atoms with Gasteiger partial charge in [-0.25, -0.2) is 4.98 Å². The zero-order chi connectivity index (χ0) is 23.2. The Morgan fingerprint density at radius 1 is 1.06 bits per heavy atom. The van der Waals surface area contributed by atoms with Crippen LogP contribution in [0.2, 0.25) is 0 Å². The molecule has 0 radical (unpaired) electrons. The summed E-state index contributed by atoms with van der Waals surface area (Å²) in [5.41, 5.74) is 5.70. The van der Waals surface area contributed by atoms with Gasteiger partial charge in [-0.3, -0.25) is 9.59 Å². The number of anilines is 1. The Hall–Kier alpha value is -4.33. The van der Waals surface area contributed by atoms with E-state index in [1.54, 1.807) is 30.3 Å². The fourth-order valence-electron chi connectivity index (χ4n) is 3.54. The maximum atomic E-state index is 11.9. The molecular weight excluding hydrogens is 420 g/mol. The molecule has 168 valence electrons. The van der Waals surface area contributed by atoms with Crippen molar-refractivity contribution in [1.82, 2.24) is 10.3 Å². The second-order valence-corrected chi connectivity index (χ2v) is 7.54. The Labute approximate surface area is 191 Å². The lowest BCUT2D eigenvalue weighted by molar-refractivity contribution is -0.117. The number of pyridine rings is 1. The van der Waals surface area contributed by atoms with Crippen LogP contribution in [0.1, 0.15) is 16.8 Å². The van der Waals surface area contributed by atoms with Crippen molar-refractivity contribution in [2.75, 3.05) is 18.0 Å². The molecule has 2 aromatic carbocycles. The largest absolute Gasteiger partial charge is 0.457 e. The molecule has 1 unspecified atom stereocenters. The fourth-order valence-corrected chi connectivity index (χ4v) is 3.54. The second-order valence-electron chi connectivity index (χ2n) is 7.54. The molecule has 1 aliphatic heterocycles. The highest BCUT2D eigenvalue weighted by molar-refractivity contribution is 5.95. The first-order valence-corrected chi connectivity index (χ1v) is 10.5. The number of ether oxygens (including phenoxy) is 2. The first-order valence-electron chi connectivity index (χ1n) is 10.5. The first kappa shape index (κ1) is 21.9. The van der Waals surface area contributed by atoms with Gasteiger partial charge >= 0.3 is 0 Å². The Morgan fingerprint density at radius 2 is 1.73 bits per heavy atom. The second kappa shape index (κ2) is 9.86. The number of aromatic nitrogens is 1. The van der Waals surface area contributed by atoms with E-state index in [0.717, 1.165) is 12.2 Å². The molecule has 1 aromatic heterocycles. The minimum Gasteiger partial charge on any atom is -0.457 e. The number of rotatable bonds is 8. The summed E-state index contributed by atoms with van der Waals surface area (Å²) in [7, 11) is 0. The highest BCUT2D eigenvalue weighted by Crippen LogP contribution is 2.31. The van der Waals surface area contributed by atoms with Crippen LogP contribution in [0.15, 0.2) is 79.5 Å². The Balaban J connectivity index is 1.49. The predicted octanol–water partition coefficient (Wildman–Crippen LogP) is 3.65. The Morgan fingerprint density at radius 3 is 2.39 bits per heavy atom. The van der Waals surface area contributed by atoms with Gasteiger partial charge in [0.15, 0.2) is 0 Å². The van der Waals surface area contributed by atoms with Gasteiger partial charge in [0.25, 0.3) is 5.91 Å². The topological polar surface area (TPSA) is 107 Å². The normalized spacial score (nSPS) is 15.0. The number of nitrogens with one attached hydrogen (secondary N) is 1. The molecule has 1 atom stereocenters. The quantitative estimate of drug-likeness (QED) is 0.514. The highest BCUT2D eigenvalue weighted by atomic mass is 16.5. The molecule has 0 saturated carbocycles. The number of nitrogens with zero attached hydrogens (tertiary/aromatic N) is 2. The highest BCUT2D eigenvalue weighted by Gasteiger charge is 2.25. The molecule has 3 aromatic rings. The van der Waals surface area contributed by atoms with Crippen LogP contribution in [0.5, 0.6) is 23.0 Å². The van der Waals surface area contributed by atoms with Crippen molar-refractivity contribution in [1.29, 1.82) is 0 Å². The summed E-state index contributed by atoms with van der Waals surface area (Å²) < 4.78 is 11.8. The predicted molar refractivity (Wildman–Crippen MR) is 125 cm³/mol. The van der Waals surface area contributed by atoms with Gasteiger partial charge in [0.05, 0.1) is 0 Å². The van der Waals surface area contributed by atoms with Gasteiger partial charge in [-0.15, -0.1) is 0 Å². The van der Waals surface area contributed by atoms with Crippen molar-refractivity contribution < 1.29 is 19.1 Å².